The van der Waals surface area contributed by atoms with Gasteiger partial charge in [-0.15, -0.1) is 0 Å². The summed E-state index contributed by atoms with van der Waals surface area (Å²) in [6, 6.07) is 14.1. The molecule has 0 N–H and O–H groups in total. The van der Waals surface area contributed by atoms with Gasteiger partial charge in [0, 0.05) is 17.2 Å². The van der Waals surface area contributed by atoms with Crippen LogP contribution in [0.15, 0.2) is 74.9 Å². The molecule has 0 atom stereocenters. The lowest BCUT2D eigenvalue weighted by Crippen LogP contribution is -2.27. The van der Waals surface area contributed by atoms with E-state index in [-0.39, 0.29) is 27.4 Å². The molecule has 4 rings (SSSR count). The number of thioether (sulfide) groups is 1. The molecule has 0 bridgehead atoms. The van der Waals surface area contributed by atoms with Crippen LogP contribution in [0.3, 0.4) is 0 Å². The van der Waals surface area contributed by atoms with Crippen molar-refractivity contribution in [3.63, 3.8) is 0 Å². The number of halogens is 2. The number of carbonyl (C=O) groups excluding carboxylic acids is 2. The van der Waals surface area contributed by atoms with Gasteiger partial charge in [-0.3, -0.25) is 24.6 Å². The molecule has 0 unspecified atom stereocenters. The summed E-state index contributed by atoms with van der Waals surface area (Å²) in [6.07, 6.45) is 1.47. The molecule has 10 nitrogen and oxygen atoms in total. The summed E-state index contributed by atoms with van der Waals surface area (Å²) in [5, 5.41) is 11.1. The Morgan fingerprint density at radius 3 is 2.55 bits per heavy atom. The summed E-state index contributed by atoms with van der Waals surface area (Å²) in [7, 11) is -3.18. The van der Waals surface area contributed by atoms with E-state index >= 15 is 0 Å². The predicted molar refractivity (Wildman–Crippen MR) is 145 cm³/mol. The molecule has 14 heteroatoms. The number of nitro benzene ring substituents is 1. The van der Waals surface area contributed by atoms with Gasteiger partial charge in [0.2, 0.25) is 0 Å². The first-order valence-corrected chi connectivity index (χ1v) is 13.9. The third-order valence-electron chi connectivity index (χ3n) is 5.16. The van der Waals surface area contributed by atoms with Crippen LogP contribution in [-0.2, 0) is 21.5 Å². The van der Waals surface area contributed by atoms with Crippen LogP contribution in [0.4, 0.5) is 10.5 Å². The second-order valence-corrected chi connectivity index (χ2v) is 11.6. The number of hydrogen-bond donors (Lipinski definition) is 0. The van der Waals surface area contributed by atoms with Gasteiger partial charge in [-0.25, -0.2) is 0 Å². The average Bonchev–Trinajstić information content (AvgIpc) is 3.12. The van der Waals surface area contributed by atoms with Crippen LogP contribution in [0.5, 0.6) is 11.5 Å². The van der Waals surface area contributed by atoms with Crippen molar-refractivity contribution in [1.29, 1.82) is 0 Å². The van der Waals surface area contributed by atoms with E-state index in [4.69, 9.17) is 20.5 Å². The van der Waals surface area contributed by atoms with Crippen molar-refractivity contribution in [2.45, 2.75) is 11.4 Å². The zero-order valence-corrected chi connectivity index (χ0v) is 23.3. The van der Waals surface area contributed by atoms with Crippen molar-refractivity contribution in [1.82, 2.24) is 4.90 Å². The number of benzene rings is 3. The highest BCUT2D eigenvalue weighted by atomic mass is 79.9. The molecule has 2 amide bonds. The molecule has 1 saturated heterocycles. The first kappa shape index (κ1) is 27.6. The number of ether oxygens (including phenoxy) is 1. The minimum Gasteiger partial charge on any atom is -0.493 e. The zero-order valence-electron chi connectivity index (χ0n) is 19.3. The zero-order chi connectivity index (χ0) is 27.6. The highest BCUT2D eigenvalue weighted by Gasteiger charge is 2.35. The maximum Gasteiger partial charge on any atom is 0.339 e. The molecule has 0 aliphatic carbocycles. The molecule has 0 saturated carbocycles. The van der Waals surface area contributed by atoms with Crippen LogP contribution in [0.25, 0.3) is 6.08 Å². The molecular formula is C24H16BrClN2O8S2. The van der Waals surface area contributed by atoms with Gasteiger partial charge in [0.15, 0.2) is 11.5 Å². The normalized spacial score (nSPS) is 14.7. The van der Waals surface area contributed by atoms with E-state index < -0.39 is 36.8 Å². The maximum atomic E-state index is 12.9. The third kappa shape index (κ3) is 6.01. The molecule has 3 aromatic carbocycles. The number of amides is 2. The Bertz CT molecular complexity index is 1610. The van der Waals surface area contributed by atoms with Crippen LogP contribution in [0.1, 0.15) is 11.1 Å². The van der Waals surface area contributed by atoms with E-state index in [2.05, 4.69) is 15.9 Å². The molecule has 1 fully saturated rings. The van der Waals surface area contributed by atoms with Crippen LogP contribution in [0, 0.1) is 10.1 Å². The van der Waals surface area contributed by atoms with E-state index in [9.17, 15) is 28.1 Å². The Labute approximate surface area is 234 Å². The summed E-state index contributed by atoms with van der Waals surface area (Å²) in [6.45, 7) is 0.0534. The third-order valence-corrected chi connectivity index (χ3v) is 8.11. The Kier molecular flexibility index (Phi) is 8.11. The number of rotatable bonds is 8. The molecule has 38 heavy (non-hydrogen) atoms. The van der Waals surface area contributed by atoms with E-state index in [1.54, 1.807) is 24.3 Å². The van der Waals surface area contributed by atoms with Gasteiger partial charge in [-0.2, -0.15) is 8.42 Å². The molecule has 3 aromatic rings. The fourth-order valence-electron chi connectivity index (χ4n) is 3.42. The summed E-state index contributed by atoms with van der Waals surface area (Å²) < 4.78 is 36.3. The lowest BCUT2D eigenvalue weighted by atomic mass is 10.1. The van der Waals surface area contributed by atoms with Crippen LogP contribution >= 0.6 is 39.3 Å². The summed E-state index contributed by atoms with van der Waals surface area (Å²) in [5.74, 6) is -0.702. The average molecular weight is 640 g/mol. The Balaban J connectivity index is 1.60. The predicted octanol–water partition coefficient (Wildman–Crippen LogP) is 6.02. The highest BCUT2D eigenvalue weighted by Crippen LogP contribution is 2.41. The highest BCUT2D eigenvalue weighted by molar-refractivity contribution is 9.10. The molecule has 1 heterocycles. The largest absolute Gasteiger partial charge is 0.493 e. The molecule has 0 aromatic heterocycles. The fourth-order valence-corrected chi connectivity index (χ4v) is 6.12. The van der Waals surface area contributed by atoms with Crippen LogP contribution < -0.4 is 8.92 Å². The monoisotopic (exact) mass is 638 g/mol. The minimum absolute atomic E-state index is 0.00205. The minimum atomic E-state index is -4.46. The Hall–Kier alpha value is -3.39. The van der Waals surface area contributed by atoms with Gasteiger partial charge in [-0.05, 0) is 75.2 Å². The number of methoxy groups -OCH3 is 1. The van der Waals surface area contributed by atoms with Crippen molar-refractivity contribution in [2.75, 3.05) is 7.11 Å². The van der Waals surface area contributed by atoms with Gasteiger partial charge in [-0.1, -0.05) is 29.8 Å². The summed E-state index contributed by atoms with van der Waals surface area (Å²) in [4.78, 5) is 36.6. The standard InChI is InChI=1S/C24H16BrClN2O8S2/c1-35-20-10-15(11-21-23(29)27(24(30)37-21)13-14-4-2-5-16(26)8-14)9-19(25)22(20)36-38(33,34)18-7-3-6-17(12-18)28(31)32/h2-12H,13H2,1H3/b21-11-. The van der Waals surface area contributed by atoms with Gasteiger partial charge in [0.25, 0.3) is 16.8 Å². The first-order chi connectivity index (χ1) is 18.0. The fraction of sp³-hybridized carbons (Fsp3) is 0.0833. The number of nitro groups is 1. The van der Waals surface area contributed by atoms with Gasteiger partial charge in [0.05, 0.1) is 28.0 Å². The molecule has 0 radical (unpaired) electrons. The van der Waals surface area contributed by atoms with E-state index in [1.165, 1.54) is 31.4 Å². The summed E-state index contributed by atoms with van der Waals surface area (Å²) in [5.41, 5.74) is 0.694. The van der Waals surface area contributed by atoms with E-state index in [0.29, 0.717) is 16.1 Å². The van der Waals surface area contributed by atoms with Crippen molar-refractivity contribution in [3.8, 4) is 11.5 Å². The van der Waals surface area contributed by atoms with Crippen molar-refractivity contribution in [3.05, 3.63) is 96.3 Å². The lowest BCUT2D eigenvalue weighted by Gasteiger charge is -2.14. The second-order valence-electron chi connectivity index (χ2n) is 7.72. The van der Waals surface area contributed by atoms with Gasteiger partial charge < -0.3 is 8.92 Å². The first-order valence-electron chi connectivity index (χ1n) is 10.5. The Morgan fingerprint density at radius 1 is 1.13 bits per heavy atom. The van der Waals surface area contributed by atoms with Crippen molar-refractivity contribution < 1.29 is 31.9 Å². The molecule has 196 valence electrons. The van der Waals surface area contributed by atoms with Crippen LogP contribution in [0.2, 0.25) is 5.02 Å². The number of imide groups is 1. The topological polar surface area (TPSA) is 133 Å². The quantitative estimate of drug-likeness (QED) is 0.125. The number of hydrogen-bond acceptors (Lipinski definition) is 9. The number of nitrogens with zero attached hydrogens (tertiary/aromatic N) is 2. The smallest absolute Gasteiger partial charge is 0.339 e. The maximum absolute atomic E-state index is 12.9. The number of non-ortho nitro benzene ring substituents is 1. The second kappa shape index (κ2) is 11.2. The Morgan fingerprint density at radius 2 is 1.87 bits per heavy atom. The van der Waals surface area contributed by atoms with E-state index in [1.807, 2.05) is 0 Å². The lowest BCUT2D eigenvalue weighted by molar-refractivity contribution is -0.385. The van der Waals surface area contributed by atoms with Crippen LogP contribution in [-0.4, -0.2) is 36.5 Å². The SMILES string of the molecule is COc1cc(/C=C2\SC(=O)N(Cc3cccc(Cl)c3)C2=O)cc(Br)c1OS(=O)(=O)c1cccc([N+](=O)[O-])c1. The van der Waals surface area contributed by atoms with Gasteiger partial charge >= 0.3 is 10.1 Å². The van der Waals surface area contributed by atoms with Crippen molar-refractivity contribution >= 4 is 72.3 Å². The van der Waals surface area contributed by atoms with E-state index in [0.717, 1.165) is 34.9 Å². The van der Waals surface area contributed by atoms with Crippen molar-refractivity contribution in [2.24, 2.45) is 0 Å². The van der Waals surface area contributed by atoms with Gasteiger partial charge in [0.1, 0.15) is 4.90 Å². The number of carbonyl (C=O) groups is 2. The molecule has 1 aliphatic heterocycles. The molecular weight excluding hydrogens is 624 g/mol. The summed E-state index contributed by atoms with van der Waals surface area (Å²) >= 11 is 10.0. The molecule has 0 spiro atoms. The molecule has 1 aliphatic rings.